The highest BCUT2D eigenvalue weighted by Gasteiger charge is 2.10. The summed E-state index contributed by atoms with van der Waals surface area (Å²) in [5.74, 6) is -1.01. The maximum absolute atomic E-state index is 11.2. The number of benzene rings is 2. The number of imidazole rings is 1. The third-order valence-electron chi connectivity index (χ3n) is 3.04. The SMILES string of the molecule is O=C(O)c1ccc(Cl)c(-c2ccc3[nH]c(=O)[nH]c3c2)c1. The Morgan fingerprint density at radius 3 is 2.55 bits per heavy atom. The summed E-state index contributed by atoms with van der Waals surface area (Å²) < 4.78 is 0. The minimum atomic E-state index is -1.01. The number of aromatic carboxylic acids is 1. The smallest absolute Gasteiger partial charge is 0.335 e. The number of hydrogen-bond donors (Lipinski definition) is 3. The second-order valence-corrected chi connectivity index (χ2v) is 4.75. The van der Waals surface area contributed by atoms with Crippen LogP contribution in [0.3, 0.4) is 0 Å². The Kier molecular flexibility index (Phi) is 2.84. The molecule has 3 rings (SSSR count). The Morgan fingerprint density at radius 1 is 1.05 bits per heavy atom. The van der Waals surface area contributed by atoms with Crippen molar-refractivity contribution in [2.75, 3.05) is 0 Å². The fraction of sp³-hybridized carbons (Fsp3) is 0. The Balaban J connectivity index is 2.21. The minimum Gasteiger partial charge on any atom is -0.478 e. The lowest BCUT2D eigenvalue weighted by molar-refractivity contribution is 0.0697. The van der Waals surface area contributed by atoms with E-state index in [1.54, 1.807) is 24.3 Å². The Hall–Kier alpha value is -2.53. The number of nitrogens with one attached hydrogen (secondary N) is 2. The summed E-state index contributed by atoms with van der Waals surface area (Å²) in [5, 5.41) is 9.48. The Morgan fingerprint density at radius 2 is 1.80 bits per heavy atom. The number of carbonyl (C=O) groups is 1. The lowest BCUT2D eigenvalue weighted by atomic mass is 10.0. The third kappa shape index (κ3) is 2.08. The Bertz CT molecular complexity index is 880. The number of halogens is 1. The van der Waals surface area contributed by atoms with E-state index in [4.69, 9.17) is 16.7 Å². The van der Waals surface area contributed by atoms with Crippen LogP contribution in [0.5, 0.6) is 0 Å². The maximum atomic E-state index is 11.2. The van der Waals surface area contributed by atoms with Gasteiger partial charge >= 0.3 is 11.7 Å². The predicted octanol–water partition coefficient (Wildman–Crippen LogP) is 2.87. The van der Waals surface area contributed by atoms with Crippen LogP contribution >= 0.6 is 11.6 Å². The van der Waals surface area contributed by atoms with Gasteiger partial charge in [0.2, 0.25) is 0 Å². The van der Waals surface area contributed by atoms with E-state index in [-0.39, 0.29) is 11.3 Å². The molecule has 0 saturated carbocycles. The summed E-state index contributed by atoms with van der Waals surface area (Å²) in [6.07, 6.45) is 0. The highest BCUT2D eigenvalue weighted by Crippen LogP contribution is 2.30. The van der Waals surface area contributed by atoms with E-state index in [1.807, 2.05) is 0 Å². The molecule has 3 N–H and O–H groups in total. The minimum absolute atomic E-state index is 0.159. The molecule has 0 saturated heterocycles. The van der Waals surface area contributed by atoms with Gasteiger partial charge in [-0.2, -0.15) is 0 Å². The largest absolute Gasteiger partial charge is 0.478 e. The molecule has 100 valence electrons. The van der Waals surface area contributed by atoms with Gasteiger partial charge in [0.1, 0.15) is 0 Å². The monoisotopic (exact) mass is 288 g/mol. The first-order valence-corrected chi connectivity index (χ1v) is 6.17. The molecule has 0 atom stereocenters. The molecule has 0 bridgehead atoms. The summed E-state index contributed by atoms with van der Waals surface area (Å²) in [6, 6.07) is 9.78. The van der Waals surface area contributed by atoms with Crippen molar-refractivity contribution in [3.8, 4) is 11.1 Å². The molecule has 5 nitrogen and oxygen atoms in total. The number of carboxylic acid groups (broad SMARTS) is 1. The second kappa shape index (κ2) is 4.54. The fourth-order valence-electron chi connectivity index (χ4n) is 2.08. The first kappa shape index (κ1) is 12.5. The van der Waals surface area contributed by atoms with Gasteiger partial charge < -0.3 is 15.1 Å². The molecule has 6 heteroatoms. The zero-order chi connectivity index (χ0) is 14.3. The lowest BCUT2D eigenvalue weighted by Gasteiger charge is -2.06. The molecule has 1 heterocycles. The van der Waals surface area contributed by atoms with Gasteiger partial charge in [-0.3, -0.25) is 0 Å². The molecular formula is C14H9ClN2O3. The van der Waals surface area contributed by atoms with Crippen molar-refractivity contribution < 1.29 is 9.90 Å². The van der Waals surface area contributed by atoms with Crippen LogP contribution in [-0.2, 0) is 0 Å². The molecule has 1 aromatic heterocycles. The average molecular weight is 289 g/mol. The van der Waals surface area contributed by atoms with E-state index in [0.717, 1.165) is 5.56 Å². The molecule has 0 unspecified atom stereocenters. The van der Waals surface area contributed by atoms with Gasteiger partial charge in [-0.05, 0) is 35.9 Å². The Labute approximate surface area is 117 Å². The van der Waals surface area contributed by atoms with Gasteiger partial charge in [0.25, 0.3) is 0 Å². The number of carboxylic acids is 1. The number of aromatic nitrogens is 2. The maximum Gasteiger partial charge on any atom is 0.335 e. The van der Waals surface area contributed by atoms with Gasteiger partial charge in [-0.1, -0.05) is 17.7 Å². The molecule has 0 radical (unpaired) electrons. The number of fused-ring (bicyclic) bond motifs is 1. The highest BCUT2D eigenvalue weighted by atomic mass is 35.5. The van der Waals surface area contributed by atoms with E-state index >= 15 is 0 Å². The van der Waals surface area contributed by atoms with Crippen LogP contribution in [0.25, 0.3) is 22.2 Å². The second-order valence-electron chi connectivity index (χ2n) is 4.34. The fourth-order valence-corrected chi connectivity index (χ4v) is 2.31. The van der Waals surface area contributed by atoms with E-state index < -0.39 is 5.97 Å². The first-order valence-electron chi connectivity index (χ1n) is 5.80. The number of hydrogen-bond acceptors (Lipinski definition) is 2. The molecule has 0 fully saturated rings. The quantitative estimate of drug-likeness (QED) is 0.678. The van der Waals surface area contributed by atoms with E-state index in [1.165, 1.54) is 12.1 Å². The molecule has 0 aliphatic carbocycles. The van der Waals surface area contributed by atoms with E-state index in [2.05, 4.69) is 9.97 Å². The summed E-state index contributed by atoms with van der Waals surface area (Å²) in [5.41, 5.74) is 2.54. The summed E-state index contributed by atoms with van der Waals surface area (Å²) >= 11 is 6.12. The normalized spacial score (nSPS) is 10.8. The molecule has 0 aliphatic rings. The molecule has 0 aliphatic heterocycles. The van der Waals surface area contributed by atoms with E-state index in [9.17, 15) is 9.59 Å². The standard InChI is InChI=1S/C14H9ClN2O3/c15-10-3-1-8(13(18)19)5-9(10)7-2-4-11-12(6-7)17-14(20)16-11/h1-6H,(H,18,19)(H2,16,17,20). The lowest BCUT2D eigenvalue weighted by Crippen LogP contribution is -1.99. The molecule has 0 spiro atoms. The zero-order valence-electron chi connectivity index (χ0n) is 10.1. The van der Waals surface area contributed by atoms with Crippen molar-refractivity contribution >= 4 is 28.6 Å². The first-order chi connectivity index (χ1) is 9.54. The van der Waals surface area contributed by atoms with Crippen LogP contribution < -0.4 is 5.69 Å². The summed E-state index contributed by atoms with van der Waals surface area (Å²) in [4.78, 5) is 27.5. The number of H-pyrrole nitrogens is 2. The molecule has 3 aromatic rings. The van der Waals surface area contributed by atoms with Crippen LogP contribution in [0, 0.1) is 0 Å². The summed E-state index contributed by atoms with van der Waals surface area (Å²) in [7, 11) is 0. The van der Waals surface area contributed by atoms with Crippen molar-refractivity contribution in [3.05, 3.63) is 57.5 Å². The van der Waals surface area contributed by atoms with Crippen LogP contribution in [0.1, 0.15) is 10.4 Å². The van der Waals surface area contributed by atoms with Crippen LogP contribution in [0.4, 0.5) is 0 Å². The third-order valence-corrected chi connectivity index (χ3v) is 3.37. The van der Waals surface area contributed by atoms with Gasteiger partial charge in [0, 0.05) is 10.6 Å². The van der Waals surface area contributed by atoms with Crippen molar-refractivity contribution in [1.82, 2.24) is 9.97 Å². The number of rotatable bonds is 2. The van der Waals surface area contributed by atoms with Crippen molar-refractivity contribution in [2.45, 2.75) is 0 Å². The zero-order valence-corrected chi connectivity index (χ0v) is 10.9. The molecule has 2 aromatic carbocycles. The molecule has 20 heavy (non-hydrogen) atoms. The average Bonchev–Trinajstić information content (AvgIpc) is 2.78. The molecular weight excluding hydrogens is 280 g/mol. The highest BCUT2D eigenvalue weighted by molar-refractivity contribution is 6.33. The molecule has 0 amide bonds. The van der Waals surface area contributed by atoms with Crippen molar-refractivity contribution in [1.29, 1.82) is 0 Å². The van der Waals surface area contributed by atoms with Crippen molar-refractivity contribution in [2.24, 2.45) is 0 Å². The van der Waals surface area contributed by atoms with Crippen LogP contribution in [0.15, 0.2) is 41.2 Å². The van der Waals surface area contributed by atoms with E-state index in [0.29, 0.717) is 21.6 Å². The van der Waals surface area contributed by atoms with Gasteiger partial charge in [-0.25, -0.2) is 9.59 Å². The van der Waals surface area contributed by atoms with Crippen molar-refractivity contribution in [3.63, 3.8) is 0 Å². The number of aromatic amines is 2. The predicted molar refractivity (Wildman–Crippen MR) is 76.3 cm³/mol. The van der Waals surface area contributed by atoms with Gasteiger partial charge in [0.05, 0.1) is 16.6 Å². The topological polar surface area (TPSA) is 85.9 Å². The van der Waals surface area contributed by atoms with Gasteiger partial charge in [0.15, 0.2) is 0 Å². The van der Waals surface area contributed by atoms with Gasteiger partial charge in [-0.15, -0.1) is 0 Å². The van der Waals surface area contributed by atoms with Crippen LogP contribution in [0.2, 0.25) is 5.02 Å². The van der Waals surface area contributed by atoms with Crippen LogP contribution in [-0.4, -0.2) is 21.0 Å². The summed E-state index contributed by atoms with van der Waals surface area (Å²) in [6.45, 7) is 0.